The van der Waals surface area contributed by atoms with Gasteiger partial charge in [0.2, 0.25) is 0 Å². The van der Waals surface area contributed by atoms with E-state index in [0.717, 1.165) is 38.0 Å². The van der Waals surface area contributed by atoms with Crippen LogP contribution in [0.4, 0.5) is 0 Å². The molecule has 0 aliphatic carbocycles. The molecule has 1 N–H and O–H groups in total. The Morgan fingerprint density at radius 1 is 1.17 bits per heavy atom. The summed E-state index contributed by atoms with van der Waals surface area (Å²) in [6.07, 6.45) is 10.6. The van der Waals surface area contributed by atoms with Crippen molar-refractivity contribution in [3.8, 4) is 0 Å². The van der Waals surface area contributed by atoms with E-state index in [1.54, 1.807) is 18.3 Å². The minimum atomic E-state index is -0.0808. The van der Waals surface area contributed by atoms with E-state index < -0.39 is 0 Å². The summed E-state index contributed by atoms with van der Waals surface area (Å²) in [6.45, 7) is 2.61. The van der Waals surface area contributed by atoms with Crippen molar-refractivity contribution >= 4 is 12.0 Å². The molecule has 0 spiro atoms. The Morgan fingerprint density at radius 3 is 2.74 bits per heavy atom. The highest BCUT2D eigenvalue weighted by Gasteiger charge is 2.10. The average molecular weight is 310 g/mol. The number of piperidine rings is 1. The number of benzene rings is 1. The van der Waals surface area contributed by atoms with E-state index in [0.29, 0.717) is 0 Å². The third kappa shape index (κ3) is 4.79. The molecule has 0 radical (unpaired) electrons. The summed E-state index contributed by atoms with van der Waals surface area (Å²) >= 11 is 0. The third-order valence-electron chi connectivity index (χ3n) is 3.89. The van der Waals surface area contributed by atoms with Crippen LogP contribution in [0.2, 0.25) is 0 Å². The molecule has 1 aromatic carbocycles. The first-order chi connectivity index (χ1) is 11.3. The van der Waals surface area contributed by atoms with Gasteiger partial charge in [0.05, 0.1) is 12.7 Å². The molecule has 0 saturated carbocycles. The number of hydrogen-bond donors (Lipinski definition) is 1. The highest BCUT2D eigenvalue weighted by atomic mass is 16.2. The maximum Gasteiger partial charge on any atom is 0.258 e. The Bertz CT molecular complexity index is 657. The molecule has 1 aliphatic heterocycles. The second-order valence-electron chi connectivity index (χ2n) is 5.81. The van der Waals surface area contributed by atoms with Crippen molar-refractivity contribution in [3.63, 3.8) is 0 Å². The van der Waals surface area contributed by atoms with Gasteiger partial charge in [-0.15, -0.1) is 0 Å². The number of hydrazine groups is 1. The van der Waals surface area contributed by atoms with Crippen LogP contribution in [-0.4, -0.2) is 33.8 Å². The second kappa shape index (κ2) is 7.74. The number of nitrogens with one attached hydrogen (secondary N) is 1. The molecule has 1 aromatic heterocycles. The summed E-state index contributed by atoms with van der Waals surface area (Å²) in [4.78, 5) is 11.9. The van der Waals surface area contributed by atoms with Gasteiger partial charge in [-0.05, 0) is 24.5 Å². The van der Waals surface area contributed by atoms with Crippen molar-refractivity contribution in [1.29, 1.82) is 0 Å². The molecular formula is C18H22N4O. The van der Waals surface area contributed by atoms with Crippen LogP contribution in [0.5, 0.6) is 0 Å². The van der Waals surface area contributed by atoms with Crippen molar-refractivity contribution in [2.24, 2.45) is 0 Å². The number of rotatable bonds is 5. The maximum absolute atomic E-state index is 11.9. The smallest absolute Gasteiger partial charge is 0.258 e. The van der Waals surface area contributed by atoms with Crippen LogP contribution in [-0.2, 0) is 11.3 Å². The molecule has 120 valence electrons. The van der Waals surface area contributed by atoms with Crippen molar-refractivity contribution in [3.05, 3.63) is 59.9 Å². The molecule has 1 amide bonds. The fourth-order valence-electron chi connectivity index (χ4n) is 2.69. The van der Waals surface area contributed by atoms with Crippen LogP contribution in [0.25, 0.3) is 6.08 Å². The van der Waals surface area contributed by atoms with Crippen LogP contribution in [0.3, 0.4) is 0 Å². The molecule has 1 aliphatic rings. The lowest BCUT2D eigenvalue weighted by Crippen LogP contribution is -2.44. The summed E-state index contributed by atoms with van der Waals surface area (Å²) < 4.78 is 1.87. The number of carbonyl (C=O) groups excluding carboxylic acids is 1. The fraction of sp³-hybridized carbons (Fsp3) is 0.333. The second-order valence-corrected chi connectivity index (χ2v) is 5.81. The first-order valence-corrected chi connectivity index (χ1v) is 8.10. The quantitative estimate of drug-likeness (QED) is 0.863. The molecule has 2 aromatic rings. The van der Waals surface area contributed by atoms with Crippen LogP contribution in [0, 0.1) is 0 Å². The van der Waals surface area contributed by atoms with E-state index in [1.807, 2.05) is 34.1 Å². The van der Waals surface area contributed by atoms with Crippen LogP contribution < -0.4 is 5.43 Å². The predicted molar refractivity (Wildman–Crippen MR) is 90.4 cm³/mol. The van der Waals surface area contributed by atoms with E-state index in [4.69, 9.17) is 0 Å². The molecule has 23 heavy (non-hydrogen) atoms. The number of nitrogens with zero attached hydrogens (tertiary/aromatic N) is 3. The third-order valence-corrected chi connectivity index (χ3v) is 3.89. The summed E-state index contributed by atoms with van der Waals surface area (Å²) in [7, 11) is 0. The zero-order chi connectivity index (χ0) is 15.9. The first kappa shape index (κ1) is 15.5. The molecule has 1 fully saturated rings. The Kier molecular flexibility index (Phi) is 5.21. The Hall–Kier alpha value is -2.40. The molecule has 5 heteroatoms. The van der Waals surface area contributed by atoms with Crippen LogP contribution in [0.1, 0.15) is 30.4 Å². The van der Waals surface area contributed by atoms with Crippen molar-refractivity contribution in [2.45, 2.75) is 25.8 Å². The fourth-order valence-corrected chi connectivity index (χ4v) is 2.69. The molecule has 3 rings (SSSR count). The molecule has 0 unspecified atom stereocenters. The van der Waals surface area contributed by atoms with Crippen LogP contribution in [0.15, 0.2) is 48.8 Å². The lowest BCUT2D eigenvalue weighted by atomic mass is 10.2. The maximum atomic E-state index is 11.9. The van der Waals surface area contributed by atoms with Gasteiger partial charge in [-0.1, -0.05) is 36.8 Å². The van der Waals surface area contributed by atoms with Gasteiger partial charge in [0.15, 0.2) is 0 Å². The van der Waals surface area contributed by atoms with Gasteiger partial charge >= 0.3 is 0 Å². The van der Waals surface area contributed by atoms with E-state index in [9.17, 15) is 4.79 Å². The normalized spacial score (nSPS) is 15.8. The number of amides is 1. The lowest BCUT2D eigenvalue weighted by molar-refractivity contribution is -0.121. The number of carbonyl (C=O) groups is 1. The number of hydrogen-bond acceptors (Lipinski definition) is 3. The minimum Gasteiger partial charge on any atom is -0.285 e. The summed E-state index contributed by atoms with van der Waals surface area (Å²) in [5.74, 6) is -0.0808. The van der Waals surface area contributed by atoms with E-state index >= 15 is 0 Å². The Labute approximate surface area is 136 Å². The summed E-state index contributed by atoms with van der Waals surface area (Å²) in [5.41, 5.74) is 5.04. The zero-order valence-corrected chi connectivity index (χ0v) is 13.2. The van der Waals surface area contributed by atoms with Gasteiger partial charge in [-0.25, -0.2) is 5.01 Å². The molecule has 1 saturated heterocycles. The topological polar surface area (TPSA) is 50.2 Å². The van der Waals surface area contributed by atoms with Crippen LogP contribution >= 0.6 is 0 Å². The Balaban J connectivity index is 1.52. The molecule has 5 nitrogen and oxygen atoms in total. The average Bonchev–Trinajstić information content (AvgIpc) is 3.02. The SMILES string of the molecule is O=C(/C=C/c1cnn(Cc2ccccc2)c1)NN1CCCCC1. The highest BCUT2D eigenvalue weighted by Crippen LogP contribution is 2.07. The standard InChI is InChI=1S/C18H22N4O/c23-18(20-21-11-5-2-6-12-21)10-9-17-13-19-22(15-17)14-16-7-3-1-4-8-16/h1,3-4,7-10,13,15H,2,5-6,11-12,14H2,(H,20,23)/b10-9+. The molecule has 0 atom stereocenters. The monoisotopic (exact) mass is 310 g/mol. The van der Waals surface area contributed by atoms with Crippen molar-refractivity contribution < 1.29 is 4.79 Å². The van der Waals surface area contributed by atoms with Gasteiger partial charge in [0, 0.05) is 30.9 Å². The summed E-state index contributed by atoms with van der Waals surface area (Å²) in [5, 5.41) is 6.32. The zero-order valence-electron chi connectivity index (χ0n) is 13.2. The largest absolute Gasteiger partial charge is 0.285 e. The minimum absolute atomic E-state index is 0.0808. The van der Waals surface area contributed by atoms with E-state index in [2.05, 4.69) is 22.7 Å². The van der Waals surface area contributed by atoms with Gasteiger partial charge in [-0.3, -0.25) is 14.9 Å². The van der Waals surface area contributed by atoms with Crippen molar-refractivity contribution in [1.82, 2.24) is 20.2 Å². The van der Waals surface area contributed by atoms with E-state index in [-0.39, 0.29) is 5.91 Å². The Morgan fingerprint density at radius 2 is 1.96 bits per heavy atom. The molecule has 2 heterocycles. The van der Waals surface area contributed by atoms with Gasteiger partial charge < -0.3 is 0 Å². The summed E-state index contributed by atoms with van der Waals surface area (Å²) in [6, 6.07) is 10.2. The predicted octanol–water partition coefficient (Wildman–Crippen LogP) is 2.46. The van der Waals surface area contributed by atoms with Gasteiger partial charge in [0.25, 0.3) is 5.91 Å². The molecule has 0 bridgehead atoms. The number of aromatic nitrogens is 2. The van der Waals surface area contributed by atoms with Crippen molar-refractivity contribution in [2.75, 3.05) is 13.1 Å². The van der Waals surface area contributed by atoms with E-state index in [1.165, 1.54) is 12.0 Å². The van der Waals surface area contributed by atoms with Gasteiger partial charge in [0.1, 0.15) is 0 Å². The highest BCUT2D eigenvalue weighted by molar-refractivity contribution is 5.91. The first-order valence-electron chi connectivity index (χ1n) is 8.10. The lowest BCUT2D eigenvalue weighted by Gasteiger charge is -2.26. The molecular weight excluding hydrogens is 288 g/mol. The van der Waals surface area contributed by atoms with Gasteiger partial charge in [-0.2, -0.15) is 5.10 Å².